The van der Waals surface area contributed by atoms with Gasteiger partial charge in [0.15, 0.2) is 0 Å². The van der Waals surface area contributed by atoms with Gasteiger partial charge in [-0.15, -0.1) is 0 Å². The predicted octanol–water partition coefficient (Wildman–Crippen LogP) is -1.06. The van der Waals surface area contributed by atoms with Crippen molar-refractivity contribution in [3.05, 3.63) is 0 Å². The van der Waals surface area contributed by atoms with Crippen molar-refractivity contribution in [1.29, 1.82) is 0 Å². The second kappa shape index (κ2) is 4.91. The third-order valence-corrected chi connectivity index (χ3v) is 2.50. The maximum absolute atomic E-state index is 9.51. The van der Waals surface area contributed by atoms with Crippen molar-refractivity contribution < 1.29 is 5.11 Å². The Bertz CT molecular complexity index is 152. The summed E-state index contributed by atoms with van der Waals surface area (Å²) in [5.41, 5.74) is 5.51. The van der Waals surface area contributed by atoms with E-state index >= 15 is 0 Å². The standard InChI is InChI=1S/C9H21N3O/c1-11(2)6-8-5-9(13)7-12(8)4-3-10/h8-9,13H,3-7,10H2,1-2H3. The molecule has 1 rings (SSSR count). The van der Waals surface area contributed by atoms with Gasteiger partial charge in [0.2, 0.25) is 0 Å². The van der Waals surface area contributed by atoms with Crippen molar-refractivity contribution >= 4 is 0 Å². The highest BCUT2D eigenvalue weighted by Gasteiger charge is 2.30. The Morgan fingerprint density at radius 1 is 1.54 bits per heavy atom. The monoisotopic (exact) mass is 187 g/mol. The van der Waals surface area contributed by atoms with E-state index in [1.165, 1.54) is 0 Å². The minimum Gasteiger partial charge on any atom is -0.392 e. The van der Waals surface area contributed by atoms with Crippen LogP contribution >= 0.6 is 0 Å². The molecule has 0 aromatic rings. The Morgan fingerprint density at radius 3 is 2.77 bits per heavy atom. The van der Waals surface area contributed by atoms with Crippen LogP contribution in [0.1, 0.15) is 6.42 Å². The van der Waals surface area contributed by atoms with E-state index in [1.54, 1.807) is 0 Å². The van der Waals surface area contributed by atoms with Gasteiger partial charge in [0, 0.05) is 32.2 Å². The van der Waals surface area contributed by atoms with Crippen LogP contribution in [0, 0.1) is 0 Å². The van der Waals surface area contributed by atoms with Gasteiger partial charge >= 0.3 is 0 Å². The van der Waals surface area contributed by atoms with E-state index in [0.717, 1.165) is 26.1 Å². The number of hydrogen-bond donors (Lipinski definition) is 2. The van der Waals surface area contributed by atoms with E-state index in [4.69, 9.17) is 5.73 Å². The molecule has 0 saturated carbocycles. The van der Waals surface area contributed by atoms with Crippen LogP contribution in [0.2, 0.25) is 0 Å². The number of rotatable bonds is 4. The van der Waals surface area contributed by atoms with E-state index in [-0.39, 0.29) is 6.10 Å². The van der Waals surface area contributed by atoms with Crippen LogP contribution in [-0.4, -0.2) is 67.3 Å². The minimum atomic E-state index is -0.156. The van der Waals surface area contributed by atoms with E-state index in [2.05, 4.69) is 23.9 Å². The maximum Gasteiger partial charge on any atom is 0.0682 e. The first-order valence-corrected chi connectivity index (χ1v) is 4.90. The molecule has 0 aromatic carbocycles. The van der Waals surface area contributed by atoms with Gasteiger partial charge in [-0.25, -0.2) is 0 Å². The third kappa shape index (κ3) is 3.23. The summed E-state index contributed by atoms with van der Waals surface area (Å²) in [6.07, 6.45) is 0.731. The van der Waals surface area contributed by atoms with E-state index in [9.17, 15) is 5.11 Å². The molecule has 0 aromatic heterocycles. The molecule has 0 radical (unpaired) electrons. The molecule has 1 aliphatic heterocycles. The van der Waals surface area contributed by atoms with E-state index in [1.807, 2.05) is 0 Å². The van der Waals surface area contributed by atoms with Gasteiger partial charge in [-0.2, -0.15) is 0 Å². The smallest absolute Gasteiger partial charge is 0.0682 e. The molecule has 0 aliphatic carbocycles. The van der Waals surface area contributed by atoms with Gasteiger partial charge in [-0.05, 0) is 20.5 Å². The van der Waals surface area contributed by atoms with Crippen LogP contribution in [-0.2, 0) is 0 Å². The van der Waals surface area contributed by atoms with Crippen molar-refractivity contribution in [3.63, 3.8) is 0 Å². The van der Waals surface area contributed by atoms with Gasteiger partial charge in [-0.1, -0.05) is 0 Å². The molecular formula is C9H21N3O. The lowest BCUT2D eigenvalue weighted by molar-refractivity contribution is 0.174. The molecule has 78 valence electrons. The molecule has 1 aliphatic rings. The molecule has 0 spiro atoms. The molecule has 1 heterocycles. The van der Waals surface area contributed by atoms with Crippen molar-refractivity contribution in [1.82, 2.24) is 9.80 Å². The minimum absolute atomic E-state index is 0.156. The van der Waals surface area contributed by atoms with Crippen LogP contribution < -0.4 is 5.73 Å². The fourth-order valence-electron chi connectivity index (χ4n) is 2.01. The van der Waals surface area contributed by atoms with E-state index < -0.39 is 0 Å². The first kappa shape index (κ1) is 10.9. The first-order valence-electron chi connectivity index (χ1n) is 4.90. The fourth-order valence-corrected chi connectivity index (χ4v) is 2.01. The number of nitrogens with zero attached hydrogens (tertiary/aromatic N) is 2. The molecule has 2 atom stereocenters. The van der Waals surface area contributed by atoms with Crippen molar-refractivity contribution in [2.75, 3.05) is 40.3 Å². The Morgan fingerprint density at radius 2 is 2.23 bits per heavy atom. The van der Waals surface area contributed by atoms with Gasteiger partial charge < -0.3 is 15.7 Å². The van der Waals surface area contributed by atoms with Gasteiger partial charge in [0.25, 0.3) is 0 Å². The Balaban J connectivity index is 2.40. The van der Waals surface area contributed by atoms with Crippen LogP contribution in [0.5, 0.6) is 0 Å². The summed E-state index contributed by atoms with van der Waals surface area (Å²) in [6.45, 7) is 3.37. The molecule has 1 fully saturated rings. The largest absolute Gasteiger partial charge is 0.392 e. The number of aliphatic hydroxyl groups excluding tert-OH is 1. The van der Waals surface area contributed by atoms with Crippen LogP contribution in [0.15, 0.2) is 0 Å². The second-order valence-corrected chi connectivity index (χ2v) is 4.09. The average molecular weight is 187 g/mol. The molecule has 2 unspecified atom stereocenters. The quantitative estimate of drug-likeness (QED) is 0.589. The number of hydrogen-bond acceptors (Lipinski definition) is 4. The fraction of sp³-hybridized carbons (Fsp3) is 1.00. The first-order chi connectivity index (χ1) is 6.13. The van der Waals surface area contributed by atoms with Crippen LogP contribution in [0.25, 0.3) is 0 Å². The molecule has 4 heteroatoms. The van der Waals surface area contributed by atoms with Gasteiger partial charge in [0.1, 0.15) is 0 Å². The number of nitrogens with two attached hydrogens (primary N) is 1. The summed E-state index contributed by atoms with van der Waals surface area (Å²) in [7, 11) is 4.12. The topological polar surface area (TPSA) is 52.7 Å². The second-order valence-electron chi connectivity index (χ2n) is 4.09. The Kier molecular flexibility index (Phi) is 4.12. The zero-order valence-electron chi connectivity index (χ0n) is 8.61. The zero-order valence-corrected chi connectivity index (χ0v) is 8.61. The molecule has 3 N–H and O–H groups in total. The molecule has 4 nitrogen and oxygen atoms in total. The summed E-state index contributed by atoms with van der Waals surface area (Å²) in [6, 6.07) is 0.480. The molecule has 0 amide bonds. The zero-order chi connectivity index (χ0) is 9.84. The lowest BCUT2D eigenvalue weighted by atomic mass is 10.2. The average Bonchev–Trinajstić information content (AvgIpc) is 2.31. The molecule has 0 bridgehead atoms. The molecule has 13 heavy (non-hydrogen) atoms. The highest BCUT2D eigenvalue weighted by molar-refractivity contribution is 4.86. The lowest BCUT2D eigenvalue weighted by Crippen LogP contribution is -2.40. The lowest BCUT2D eigenvalue weighted by Gasteiger charge is -2.25. The summed E-state index contributed by atoms with van der Waals surface area (Å²) in [5.74, 6) is 0. The van der Waals surface area contributed by atoms with Crippen molar-refractivity contribution in [2.45, 2.75) is 18.6 Å². The number of β-amino-alcohol motifs (C(OH)–C–C–N with tert-alkyl or cyclic N) is 1. The summed E-state index contributed by atoms with van der Waals surface area (Å²) in [4.78, 5) is 4.44. The third-order valence-electron chi connectivity index (χ3n) is 2.50. The molecular weight excluding hydrogens is 166 g/mol. The van der Waals surface area contributed by atoms with Crippen molar-refractivity contribution in [3.8, 4) is 0 Å². The predicted molar refractivity (Wildman–Crippen MR) is 53.6 cm³/mol. The number of aliphatic hydroxyl groups is 1. The summed E-state index contributed by atoms with van der Waals surface area (Å²) < 4.78 is 0. The van der Waals surface area contributed by atoms with Crippen LogP contribution in [0.4, 0.5) is 0 Å². The maximum atomic E-state index is 9.51. The number of likely N-dealkylation sites (N-methyl/N-ethyl adjacent to an activating group) is 1. The van der Waals surface area contributed by atoms with Gasteiger partial charge in [-0.3, -0.25) is 4.90 Å². The highest BCUT2D eigenvalue weighted by Crippen LogP contribution is 2.17. The molecule has 1 saturated heterocycles. The summed E-state index contributed by atoms with van der Waals surface area (Å²) in [5, 5.41) is 9.51. The Hall–Kier alpha value is -0.160. The van der Waals surface area contributed by atoms with E-state index in [0.29, 0.717) is 12.6 Å². The summed E-state index contributed by atoms with van der Waals surface area (Å²) >= 11 is 0. The van der Waals surface area contributed by atoms with Crippen LogP contribution in [0.3, 0.4) is 0 Å². The SMILES string of the molecule is CN(C)CC1CC(O)CN1CCN. The number of likely N-dealkylation sites (tertiary alicyclic amines) is 1. The van der Waals surface area contributed by atoms with Gasteiger partial charge in [0.05, 0.1) is 6.10 Å². The Labute approximate surface area is 80.3 Å². The highest BCUT2D eigenvalue weighted by atomic mass is 16.3. The van der Waals surface area contributed by atoms with Crippen molar-refractivity contribution in [2.24, 2.45) is 5.73 Å². The normalized spacial score (nSPS) is 30.2.